The molecule has 1 saturated heterocycles. The zero-order valence-corrected chi connectivity index (χ0v) is 15.6. The Labute approximate surface area is 156 Å². The van der Waals surface area contributed by atoms with Crippen molar-refractivity contribution < 1.29 is 32.5 Å². The van der Waals surface area contributed by atoms with Gasteiger partial charge in [0.2, 0.25) is 5.91 Å². The van der Waals surface area contributed by atoms with Crippen molar-refractivity contribution in [3.8, 4) is 0 Å². The minimum absolute atomic E-state index is 0.0210. The lowest BCUT2D eigenvalue weighted by atomic mass is 10.0. The first kappa shape index (κ1) is 18.9. The molecule has 1 aromatic rings. The number of β-lactam (4-membered cyclic amide) rings is 1. The zero-order chi connectivity index (χ0) is 19.1. The second-order valence-electron chi connectivity index (χ2n) is 5.69. The summed E-state index contributed by atoms with van der Waals surface area (Å²) in [6.07, 6.45) is 0.120. The standard InChI is InChI=1S/C14H14N2O7S3/c17-9(4-8-2-1-3-24-8)15-10-12(18)16-11(14(19)20)7(5-25-13(10)16)6-26(21,22)23/h1-3,10,13H,4-6H2,(H,15,17)(H,19,20)(H,21,22,23)/t10-,13+/m1/s1. The first-order valence-electron chi connectivity index (χ1n) is 7.34. The summed E-state index contributed by atoms with van der Waals surface area (Å²) in [6.45, 7) is 0. The molecule has 0 aromatic carbocycles. The van der Waals surface area contributed by atoms with Crippen molar-refractivity contribution in [3.63, 3.8) is 0 Å². The van der Waals surface area contributed by atoms with E-state index >= 15 is 0 Å². The van der Waals surface area contributed by atoms with Crippen molar-refractivity contribution in [2.24, 2.45) is 0 Å². The summed E-state index contributed by atoms with van der Waals surface area (Å²) in [5.74, 6) is -3.26. The molecule has 1 aromatic heterocycles. The van der Waals surface area contributed by atoms with Crippen LogP contribution in [0.4, 0.5) is 0 Å². The Hall–Kier alpha value is -1.89. The number of carboxylic acid groups (broad SMARTS) is 1. The lowest BCUT2D eigenvalue weighted by molar-refractivity contribution is -0.150. The second-order valence-corrected chi connectivity index (χ2v) is 9.28. The zero-order valence-electron chi connectivity index (χ0n) is 13.1. The molecular weight excluding hydrogens is 404 g/mol. The lowest BCUT2D eigenvalue weighted by Crippen LogP contribution is -2.70. The Morgan fingerprint density at radius 1 is 1.38 bits per heavy atom. The van der Waals surface area contributed by atoms with Crippen LogP contribution in [0.25, 0.3) is 0 Å². The largest absolute Gasteiger partial charge is 0.477 e. The van der Waals surface area contributed by atoms with Crippen LogP contribution < -0.4 is 5.32 Å². The van der Waals surface area contributed by atoms with Gasteiger partial charge in [0.25, 0.3) is 16.0 Å². The number of hydrogen-bond donors (Lipinski definition) is 3. The highest BCUT2D eigenvalue weighted by molar-refractivity contribution is 8.00. The summed E-state index contributed by atoms with van der Waals surface area (Å²) in [5, 5.41) is 13.2. The van der Waals surface area contributed by atoms with Gasteiger partial charge in [0, 0.05) is 10.6 Å². The number of nitrogens with one attached hydrogen (secondary N) is 1. The number of hydrogen-bond acceptors (Lipinski definition) is 7. The summed E-state index contributed by atoms with van der Waals surface area (Å²) < 4.78 is 31.1. The molecule has 3 rings (SSSR count). The van der Waals surface area contributed by atoms with E-state index in [1.807, 2.05) is 5.38 Å². The fourth-order valence-electron chi connectivity index (χ4n) is 2.81. The molecule has 3 N–H and O–H groups in total. The van der Waals surface area contributed by atoms with Crippen LogP contribution in [-0.4, -0.2) is 63.7 Å². The van der Waals surface area contributed by atoms with Crippen LogP contribution in [0.5, 0.6) is 0 Å². The van der Waals surface area contributed by atoms with Crippen molar-refractivity contribution in [2.45, 2.75) is 17.8 Å². The molecule has 3 heterocycles. The van der Waals surface area contributed by atoms with Crippen molar-refractivity contribution in [2.75, 3.05) is 11.5 Å². The van der Waals surface area contributed by atoms with Gasteiger partial charge in [-0.25, -0.2) is 4.79 Å². The van der Waals surface area contributed by atoms with Crippen LogP contribution in [0.3, 0.4) is 0 Å². The molecule has 140 valence electrons. The third-order valence-electron chi connectivity index (χ3n) is 3.84. The van der Waals surface area contributed by atoms with Crippen molar-refractivity contribution >= 4 is 51.0 Å². The lowest BCUT2D eigenvalue weighted by Gasteiger charge is -2.49. The average molecular weight is 418 g/mol. The molecule has 2 aliphatic rings. The molecule has 0 saturated carbocycles. The monoisotopic (exact) mass is 418 g/mol. The van der Waals surface area contributed by atoms with Gasteiger partial charge >= 0.3 is 5.97 Å². The Balaban J connectivity index is 1.74. The fraction of sp³-hybridized carbons (Fsp3) is 0.357. The third kappa shape index (κ3) is 3.77. The number of fused-ring (bicyclic) bond motifs is 1. The smallest absolute Gasteiger partial charge is 0.352 e. The van der Waals surface area contributed by atoms with E-state index in [4.69, 9.17) is 4.55 Å². The van der Waals surface area contributed by atoms with Gasteiger partial charge in [0.15, 0.2) is 0 Å². The number of rotatable bonds is 6. The SMILES string of the molecule is O=C(Cc1cccs1)N[C@@H]1C(=O)N2C(C(=O)O)=C(CS(=O)(=O)O)CS[C@@H]12. The fourth-order valence-corrected chi connectivity index (χ4v) is 5.67. The maximum Gasteiger partial charge on any atom is 0.352 e. The molecule has 2 aliphatic heterocycles. The van der Waals surface area contributed by atoms with Gasteiger partial charge in [-0.15, -0.1) is 23.1 Å². The summed E-state index contributed by atoms with van der Waals surface area (Å²) >= 11 is 2.55. The number of aliphatic carboxylic acids is 1. The highest BCUT2D eigenvalue weighted by Gasteiger charge is 2.54. The quantitative estimate of drug-likeness (QED) is 0.430. The maximum absolute atomic E-state index is 12.4. The minimum atomic E-state index is -4.43. The molecule has 0 radical (unpaired) electrons. The van der Waals surface area contributed by atoms with Gasteiger partial charge in [-0.1, -0.05) is 6.07 Å². The molecule has 0 aliphatic carbocycles. The van der Waals surface area contributed by atoms with E-state index in [0.717, 1.165) is 21.5 Å². The molecule has 9 nitrogen and oxygen atoms in total. The van der Waals surface area contributed by atoms with Gasteiger partial charge in [0.05, 0.1) is 12.2 Å². The molecule has 12 heteroatoms. The molecule has 2 amide bonds. The van der Waals surface area contributed by atoms with Crippen LogP contribution in [0, 0.1) is 0 Å². The number of amides is 2. The van der Waals surface area contributed by atoms with Gasteiger partial charge in [-0.05, 0) is 17.0 Å². The van der Waals surface area contributed by atoms with E-state index in [0.29, 0.717) is 0 Å². The van der Waals surface area contributed by atoms with Crippen molar-refractivity contribution in [1.29, 1.82) is 0 Å². The molecule has 0 bridgehead atoms. The minimum Gasteiger partial charge on any atom is -0.477 e. The van der Waals surface area contributed by atoms with Crippen LogP contribution in [0.15, 0.2) is 28.8 Å². The Kier molecular flexibility index (Phi) is 5.10. The van der Waals surface area contributed by atoms with Gasteiger partial charge < -0.3 is 10.4 Å². The van der Waals surface area contributed by atoms with E-state index in [-0.39, 0.29) is 23.7 Å². The maximum atomic E-state index is 12.4. The predicted octanol–water partition coefficient (Wildman–Crippen LogP) is -0.0830. The second kappa shape index (κ2) is 7.02. The van der Waals surface area contributed by atoms with Crippen molar-refractivity contribution in [3.05, 3.63) is 33.7 Å². The van der Waals surface area contributed by atoms with Gasteiger partial charge in [-0.3, -0.25) is 19.0 Å². The number of carbonyl (C=O) groups excluding carboxylic acids is 2. The Bertz CT molecular complexity index is 892. The van der Waals surface area contributed by atoms with Gasteiger partial charge in [-0.2, -0.15) is 8.42 Å². The predicted molar refractivity (Wildman–Crippen MR) is 94.1 cm³/mol. The number of nitrogens with zero attached hydrogens (tertiary/aromatic N) is 1. The highest BCUT2D eigenvalue weighted by Crippen LogP contribution is 2.40. The number of thiophene rings is 1. The van der Waals surface area contributed by atoms with E-state index in [9.17, 15) is 27.9 Å². The van der Waals surface area contributed by atoms with Crippen LogP contribution in [-0.2, 0) is 30.9 Å². The van der Waals surface area contributed by atoms with Crippen LogP contribution >= 0.6 is 23.1 Å². The number of thioether (sulfide) groups is 1. The Morgan fingerprint density at radius 3 is 2.69 bits per heavy atom. The average Bonchev–Trinajstić information content (AvgIpc) is 3.03. The topological polar surface area (TPSA) is 141 Å². The molecule has 1 fully saturated rings. The molecular formula is C14H14N2O7S3. The summed E-state index contributed by atoms with van der Waals surface area (Å²) in [4.78, 5) is 37.7. The van der Waals surface area contributed by atoms with E-state index in [1.165, 1.54) is 11.3 Å². The normalized spacial score (nSPS) is 22.7. The van der Waals surface area contributed by atoms with E-state index in [1.54, 1.807) is 12.1 Å². The van der Waals surface area contributed by atoms with Crippen LogP contribution in [0.1, 0.15) is 4.88 Å². The molecule has 2 atom stereocenters. The Morgan fingerprint density at radius 2 is 2.12 bits per heavy atom. The van der Waals surface area contributed by atoms with E-state index < -0.39 is 44.9 Å². The first-order chi connectivity index (χ1) is 12.2. The molecule has 26 heavy (non-hydrogen) atoms. The highest BCUT2D eigenvalue weighted by atomic mass is 32.2. The molecule has 0 spiro atoms. The number of carboxylic acids is 1. The summed E-state index contributed by atoms with van der Waals surface area (Å²) in [5.41, 5.74) is -0.502. The van der Waals surface area contributed by atoms with Crippen LogP contribution in [0.2, 0.25) is 0 Å². The van der Waals surface area contributed by atoms with Crippen molar-refractivity contribution in [1.82, 2.24) is 10.2 Å². The number of carbonyl (C=O) groups is 3. The third-order valence-corrected chi connectivity index (χ3v) is 6.77. The molecule has 0 unspecified atom stereocenters. The summed E-state index contributed by atoms with van der Waals surface area (Å²) in [7, 11) is -4.43. The van der Waals surface area contributed by atoms with E-state index in [2.05, 4.69) is 5.32 Å². The summed E-state index contributed by atoms with van der Waals surface area (Å²) in [6, 6.07) is 2.73. The first-order valence-corrected chi connectivity index (χ1v) is 10.9. The van der Waals surface area contributed by atoms with Gasteiger partial charge in [0.1, 0.15) is 17.1 Å².